The van der Waals surface area contributed by atoms with Crippen LogP contribution in [0.4, 0.5) is 0 Å². The van der Waals surface area contributed by atoms with Crippen LogP contribution in [0.2, 0.25) is 0 Å². The van der Waals surface area contributed by atoms with Gasteiger partial charge >= 0.3 is 11.9 Å². The molecular weight excluding hydrogens is 488 g/mol. The number of benzene rings is 1. The lowest BCUT2D eigenvalue weighted by atomic mass is 10.1. The van der Waals surface area contributed by atoms with Crippen molar-refractivity contribution >= 4 is 47.8 Å². The third-order valence-electron chi connectivity index (χ3n) is 4.66. The second kappa shape index (κ2) is 11.6. The Balaban J connectivity index is 1.74. The maximum absolute atomic E-state index is 12.8. The van der Waals surface area contributed by atoms with Crippen LogP contribution < -0.4 is 10.6 Å². The number of carbonyl (C=O) groups excluding carboxylic acids is 2. The van der Waals surface area contributed by atoms with Crippen molar-refractivity contribution in [2.75, 3.05) is 5.75 Å². The number of hydrogen-bond acceptors (Lipinski definition) is 11. The van der Waals surface area contributed by atoms with Crippen molar-refractivity contribution in [2.24, 2.45) is 7.05 Å². The minimum absolute atomic E-state index is 0.0976. The molecule has 1 amide bonds. The van der Waals surface area contributed by atoms with Crippen molar-refractivity contribution < 1.29 is 34.1 Å². The van der Waals surface area contributed by atoms with E-state index in [4.69, 9.17) is 4.74 Å². The summed E-state index contributed by atoms with van der Waals surface area (Å²) in [6.07, 6.45) is -1.37. The molecule has 2 aromatic rings. The Morgan fingerprint density at radius 2 is 2.06 bits per heavy atom. The summed E-state index contributed by atoms with van der Waals surface area (Å²) < 4.78 is 6.31. The van der Waals surface area contributed by atoms with Gasteiger partial charge in [0.15, 0.2) is 6.04 Å². The standard InChI is InChI=1S/C19H20N6O7S2/c1-25-19(22-23-24-25)34-8-11-7-33-16(21-12(11)17(28)29)13(18(30)31)20-15(27)14(32-9-26)10-5-3-2-4-6-10/h2-7,9,12-14,16,21H,8H2,1H3,(H,20,27)(H,28,29)(H,30,31)/t12?,13-,14+,16?/m0/s1. The Labute approximate surface area is 201 Å². The monoisotopic (exact) mass is 508 g/mol. The van der Waals surface area contributed by atoms with Gasteiger partial charge in [0.05, 0.1) is 5.37 Å². The van der Waals surface area contributed by atoms with E-state index >= 15 is 0 Å². The van der Waals surface area contributed by atoms with Gasteiger partial charge in [-0.25, -0.2) is 9.48 Å². The van der Waals surface area contributed by atoms with E-state index in [9.17, 15) is 29.4 Å². The van der Waals surface area contributed by atoms with Gasteiger partial charge in [-0.1, -0.05) is 42.1 Å². The summed E-state index contributed by atoms with van der Waals surface area (Å²) >= 11 is 2.24. The van der Waals surface area contributed by atoms with E-state index < -0.39 is 41.4 Å². The van der Waals surface area contributed by atoms with Crippen LogP contribution in [0, 0.1) is 0 Å². The van der Waals surface area contributed by atoms with Crippen LogP contribution in [0.3, 0.4) is 0 Å². The van der Waals surface area contributed by atoms with Crippen LogP contribution in [-0.2, 0) is 31.0 Å². The molecule has 0 bridgehead atoms. The molecule has 2 heterocycles. The lowest BCUT2D eigenvalue weighted by Gasteiger charge is -2.32. The Bertz CT molecular complexity index is 1080. The van der Waals surface area contributed by atoms with Crippen LogP contribution in [0.5, 0.6) is 0 Å². The first-order valence-corrected chi connectivity index (χ1v) is 11.6. The maximum Gasteiger partial charge on any atom is 0.328 e. The summed E-state index contributed by atoms with van der Waals surface area (Å²) in [5, 5.41) is 36.6. The lowest BCUT2D eigenvalue weighted by molar-refractivity contribution is -0.149. The Hall–Kier alpha value is -3.43. The molecule has 3 rings (SSSR count). The highest BCUT2D eigenvalue weighted by atomic mass is 32.2. The Kier molecular flexibility index (Phi) is 8.61. The topological polar surface area (TPSA) is 186 Å². The molecule has 0 fully saturated rings. The van der Waals surface area contributed by atoms with Crippen LogP contribution >= 0.6 is 23.5 Å². The van der Waals surface area contributed by atoms with E-state index in [0.29, 0.717) is 16.3 Å². The van der Waals surface area contributed by atoms with Crippen molar-refractivity contribution in [1.29, 1.82) is 0 Å². The van der Waals surface area contributed by atoms with Gasteiger partial charge in [0.25, 0.3) is 12.4 Å². The fraction of sp³-hybridized carbons (Fsp3) is 0.316. The number of aryl methyl sites for hydroxylation is 1. The molecule has 1 aliphatic heterocycles. The average Bonchev–Trinajstić information content (AvgIpc) is 3.24. The number of aliphatic carboxylic acids is 2. The molecule has 0 radical (unpaired) electrons. The van der Waals surface area contributed by atoms with Crippen LogP contribution in [0.15, 0.2) is 46.5 Å². The van der Waals surface area contributed by atoms with E-state index in [2.05, 4.69) is 26.2 Å². The molecule has 2 unspecified atom stereocenters. The minimum Gasteiger partial charge on any atom is -0.480 e. The first kappa shape index (κ1) is 25.2. The first-order valence-electron chi connectivity index (χ1n) is 9.67. The summed E-state index contributed by atoms with van der Waals surface area (Å²) in [5.74, 6) is -3.22. The molecule has 1 aromatic carbocycles. The normalized spacial score (nSPS) is 19.4. The predicted octanol–water partition coefficient (Wildman–Crippen LogP) is -0.214. The van der Waals surface area contributed by atoms with E-state index in [-0.39, 0.29) is 12.2 Å². The summed E-state index contributed by atoms with van der Waals surface area (Å²) in [6.45, 7) is 0.0976. The molecule has 0 saturated heterocycles. The fourth-order valence-corrected chi connectivity index (χ4v) is 5.09. The van der Waals surface area contributed by atoms with Gasteiger partial charge in [0.1, 0.15) is 6.04 Å². The molecule has 180 valence electrons. The highest BCUT2D eigenvalue weighted by molar-refractivity contribution is 8.03. The van der Waals surface area contributed by atoms with Gasteiger partial charge in [-0.2, -0.15) is 0 Å². The third-order valence-corrected chi connectivity index (χ3v) is 6.88. The van der Waals surface area contributed by atoms with E-state index in [1.165, 1.54) is 16.4 Å². The number of thioether (sulfide) groups is 2. The van der Waals surface area contributed by atoms with Crippen molar-refractivity contribution in [3.8, 4) is 0 Å². The van der Waals surface area contributed by atoms with Crippen LogP contribution in [0.25, 0.3) is 0 Å². The molecule has 1 aliphatic rings. The average molecular weight is 509 g/mol. The van der Waals surface area contributed by atoms with Gasteiger partial charge in [-0.15, -0.1) is 16.9 Å². The molecule has 0 aliphatic carbocycles. The van der Waals surface area contributed by atoms with Gasteiger partial charge in [-0.3, -0.25) is 19.7 Å². The number of carbonyl (C=O) groups is 4. The zero-order valence-electron chi connectivity index (χ0n) is 17.6. The molecule has 4 atom stereocenters. The molecule has 0 saturated carbocycles. The molecule has 15 heteroatoms. The molecule has 34 heavy (non-hydrogen) atoms. The summed E-state index contributed by atoms with van der Waals surface area (Å²) in [7, 11) is 1.65. The van der Waals surface area contributed by atoms with Crippen molar-refractivity contribution in [3.05, 3.63) is 46.9 Å². The van der Waals surface area contributed by atoms with Gasteiger partial charge < -0.3 is 20.3 Å². The third kappa shape index (κ3) is 6.12. The number of nitrogens with one attached hydrogen (secondary N) is 2. The largest absolute Gasteiger partial charge is 0.480 e. The Morgan fingerprint density at radius 1 is 1.32 bits per heavy atom. The van der Waals surface area contributed by atoms with E-state index in [1.807, 2.05) is 0 Å². The van der Waals surface area contributed by atoms with Gasteiger partial charge in [0.2, 0.25) is 11.3 Å². The van der Waals surface area contributed by atoms with E-state index in [0.717, 1.165) is 11.8 Å². The number of ether oxygens (including phenoxy) is 1. The number of nitrogens with zero attached hydrogens (tertiary/aromatic N) is 4. The number of carboxylic acid groups (broad SMARTS) is 2. The highest BCUT2D eigenvalue weighted by Crippen LogP contribution is 2.29. The van der Waals surface area contributed by atoms with Gasteiger partial charge in [-0.05, 0) is 21.4 Å². The van der Waals surface area contributed by atoms with Crippen molar-refractivity contribution in [3.63, 3.8) is 0 Å². The Morgan fingerprint density at radius 3 is 2.65 bits per heavy atom. The lowest BCUT2D eigenvalue weighted by Crippen LogP contribution is -2.58. The molecular formula is C19H20N6O7S2. The number of amides is 1. The fourth-order valence-electron chi connectivity index (χ4n) is 3.02. The highest BCUT2D eigenvalue weighted by Gasteiger charge is 2.39. The predicted molar refractivity (Wildman–Crippen MR) is 119 cm³/mol. The smallest absolute Gasteiger partial charge is 0.328 e. The zero-order chi connectivity index (χ0) is 24.7. The number of tetrazole rings is 1. The second-order valence-corrected chi connectivity index (χ2v) is 8.87. The molecule has 13 nitrogen and oxygen atoms in total. The molecule has 1 aromatic heterocycles. The summed E-state index contributed by atoms with van der Waals surface area (Å²) in [5.41, 5.74) is 0.824. The second-order valence-electron chi connectivity index (χ2n) is 6.91. The molecule has 4 N–H and O–H groups in total. The SMILES string of the molecule is Cn1nnnc1SCC1=CSC([C@H](NC(=O)[C@H](OC=O)c2ccccc2)C(=O)O)NC1C(=O)O. The number of rotatable bonds is 11. The zero-order valence-corrected chi connectivity index (χ0v) is 19.2. The van der Waals surface area contributed by atoms with Crippen molar-refractivity contribution in [2.45, 2.75) is 28.7 Å². The summed E-state index contributed by atoms with van der Waals surface area (Å²) in [4.78, 5) is 47.5. The number of hydrogen-bond donors (Lipinski definition) is 4. The van der Waals surface area contributed by atoms with Gasteiger partial charge in [0, 0.05) is 18.4 Å². The molecule has 0 spiro atoms. The van der Waals surface area contributed by atoms with Crippen molar-refractivity contribution in [1.82, 2.24) is 30.8 Å². The van der Waals surface area contributed by atoms with Crippen LogP contribution in [-0.4, -0.2) is 77.9 Å². The van der Waals surface area contributed by atoms with E-state index in [1.54, 1.807) is 42.8 Å². The minimum atomic E-state index is -1.52. The van der Waals surface area contributed by atoms with Crippen LogP contribution in [0.1, 0.15) is 11.7 Å². The number of carboxylic acids is 2. The quantitative estimate of drug-likeness (QED) is 0.231. The maximum atomic E-state index is 12.8. The summed E-state index contributed by atoms with van der Waals surface area (Å²) in [6, 6.07) is 5.36. The first-order chi connectivity index (χ1) is 16.3. The number of aromatic nitrogens is 4.